The van der Waals surface area contributed by atoms with E-state index in [9.17, 15) is 5.11 Å². The summed E-state index contributed by atoms with van der Waals surface area (Å²) in [6.07, 6.45) is -0.524. The van der Waals surface area contributed by atoms with Gasteiger partial charge in [-0.2, -0.15) is 5.10 Å². The summed E-state index contributed by atoms with van der Waals surface area (Å²) in [5.41, 5.74) is 3.57. The highest BCUT2D eigenvalue weighted by molar-refractivity contribution is 6.42. The van der Waals surface area contributed by atoms with E-state index < -0.39 is 6.10 Å². The Balaban J connectivity index is 2.39. The van der Waals surface area contributed by atoms with Gasteiger partial charge in [-0.1, -0.05) is 35.3 Å². The number of aliphatic hydroxyl groups is 1. The lowest BCUT2D eigenvalue weighted by molar-refractivity contribution is 0.197. The summed E-state index contributed by atoms with van der Waals surface area (Å²) in [7, 11) is 0. The number of hydrogen-bond acceptors (Lipinski definition) is 2. The van der Waals surface area contributed by atoms with E-state index in [1.54, 1.807) is 13.0 Å². The van der Waals surface area contributed by atoms with Crippen molar-refractivity contribution in [2.45, 2.75) is 33.4 Å². The number of aliphatic hydroxyl groups excluding tert-OH is 1. The fourth-order valence-electron chi connectivity index (χ4n) is 2.30. The van der Waals surface area contributed by atoms with E-state index in [1.165, 1.54) is 0 Å². The highest BCUT2D eigenvalue weighted by Gasteiger charge is 2.16. The van der Waals surface area contributed by atoms with Gasteiger partial charge in [0.25, 0.3) is 0 Å². The monoisotopic (exact) mass is 298 g/mol. The molecule has 0 spiro atoms. The van der Waals surface area contributed by atoms with Gasteiger partial charge in [-0.3, -0.25) is 4.68 Å². The maximum absolute atomic E-state index is 9.76. The molecule has 19 heavy (non-hydrogen) atoms. The predicted molar refractivity (Wildman–Crippen MR) is 77.9 cm³/mol. The minimum absolute atomic E-state index is 0.524. The summed E-state index contributed by atoms with van der Waals surface area (Å²) >= 11 is 12.2. The molecule has 1 aromatic carbocycles. The maximum Gasteiger partial charge on any atom is 0.0797 e. The van der Waals surface area contributed by atoms with Crippen molar-refractivity contribution in [3.05, 3.63) is 50.8 Å². The average Bonchev–Trinajstić information content (AvgIpc) is 2.60. The lowest BCUT2D eigenvalue weighted by Crippen LogP contribution is -2.05. The molecule has 5 heteroatoms. The molecule has 0 amide bonds. The number of hydrogen-bond donors (Lipinski definition) is 1. The molecule has 1 unspecified atom stereocenters. The second-order valence-corrected chi connectivity index (χ2v) is 5.42. The SMILES string of the molecule is Cc1nn(Cc2cccc(Cl)c2Cl)c(C)c1C(C)O. The molecule has 0 bridgehead atoms. The van der Waals surface area contributed by atoms with E-state index in [-0.39, 0.29) is 0 Å². The zero-order valence-corrected chi connectivity index (χ0v) is 12.6. The number of rotatable bonds is 3. The third-order valence-corrected chi connectivity index (χ3v) is 4.06. The van der Waals surface area contributed by atoms with E-state index in [1.807, 2.05) is 30.7 Å². The summed E-state index contributed by atoms with van der Waals surface area (Å²) in [5.74, 6) is 0. The van der Waals surface area contributed by atoms with Crippen molar-refractivity contribution in [1.29, 1.82) is 0 Å². The molecule has 0 fully saturated rings. The highest BCUT2D eigenvalue weighted by atomic mass is 35.5. The first-order chi connectivity index (χ1) is 8.91. The third-order valence-electron chi connectivity index (χ3n) is 3.21. The molecule has 1 heterocycles. The fraction of sp³-hybridized carbons (Fsp3) is 0.357. The molecular formula is C14H16Cl2N2O. The van der Waals surface area contributed by atoms with Gasteiger partial charge < -0.3 is 5.11 Å². The molecule has 0 saturated heterocycles. The van der Waals surface area contributed by atoms with E-state index in [0.29, 0.717) is 16.6 Å². The van der Waals surface area contributed by atoms with Crippen LogP contribution in [0.15, 0.2) is 18.2 Å². The summed E-state index contributed by atoms with van der Waals surface area (Å²) < 4.78 is 1.84. The van der Waals surface area contributed by atoms with Crippen molar-refractivity contribution < 1.29 is 5.11 Å². The van der Waals surface area contributed by atoms with Crippen LogP contribution in [0.25, 0.3) is 0 Å². The van der Waals surface area contributed by atoms with Gasteiger partial charge in [-0.05, 0) is 32.4 Å². The van der Waals surface area contributed by atoms with Gasteiger partial charge in [0.15, 0.2) is 0 Å². The molecule has 0 aliphatic heterocycles. The average molecular weight is 299 g/mol. The molecule has 0 aliphatic rings. The molecule has 0 radical (unpaired) electrons. The van der Waals surface area contributed by atoms with Crippen molar-refractivity contribution in [1.82, 2.24) is 9.78 Å². The minimum Gasteiger partial charge on any atom is -0.389 e. The van der Waals surface area contributed by atoms with Crippen LogP contribution in [0.5, 0.6) is 0 Å². The molecule has 1 atom stereocenters. The Bertz CT molecular complexity index is 606. The van der Waals surface area contributed by atoms with Crippen LogP contribution in [0.3, 0.4) is 0 Å². The first kappa shape index (κ1) is 14.4. The lowest BCUT2D eigenvalue weighted by atomic mass is 10.1. The normalized spacial score (nSPS) is 12.7. The first-order valence-electron chi connectivity index (χ1n) is 6.06. The van der Waals surface area contributed by atoms with Crippen LogP contribution >= 0.6 is 23.2 Å². The molecular weight excluding hydrogens is 283 g/mol. The van der Waals surface area contributed by atoms with Gasteiger partial charge in [-0.15, -0.1) is 0 Å². The van der Waals surface area contributed by atoms with Gasteiger partial charge in [0.1, 0.15) is 0 Å². The van der Waals surface area contributed by atoms with Gasteiger partial charge >= 0.3 is 0 Å². The van der Waals surface area contributed by atoms with E-state index >= 15 is 0 Å². The third kappa shape index (κ3) is 2.78. The zero-order chi connectivity index (χ0) is 14.2. The molecule has 1 N–H and O–H groups in total. The number of halogens is 2. The maximum atomic E-state index is 9.76. The van der Waals surface area contributed by atoms with Gasteiger partial charge in [0.05, 0.1) is 28.4 Å². The van der Waals surface area contributed by atoms with Crippen LogP contribution < -0.4 is 0 Å². The largest absolute Gasteiger partial charge is 0.389 e. The van der Waals surface area contributed by atoms with E-state index in [4.69, 9.17) is 23.2 Å². The second-order valence-electron chi connectivity index (χ2n) is 4.63. The van der Waals surface area contributed by atoms with Crippen molar-refractivity contribution in [2.75, 3.05) is 0 Å². The predicted octanol–water partition coefficient (Wildman–Crippen LogP) is 3.91. The Hall–Kier alpha value is -1.03. The van der Waals surface area contributed by atoms with Crippen molar-refractivity contribution in [3.63, 3.8) is 0 Å². The van der Waals surface area contributed by atoms with Gasteiger partial charge in [0, 0.05) is 11.3 Å². The standard InChI is InChI=1S/C14H16Cl2N2O/c1-8-13(10(3)19)9(2)18(17-8)7-11-5-4-6-12(15)14(11)16/h4-6,10,19H,7H2,1-3H3. The van der Waals surface area contributed by atoms with Crippen LogP contribution in [0.1, 0.15) is 35.5 Å². The lowest BCUT2D eigenvalue weighted by Gasteiger charge is -2.09. The number of nitrogens with zero attached hydrogens (tertiary/aromatic N) is 2. The fourth-order valence-corrected chi connectivity index (χ4v) is 2.68. The van der Waals surface area contributed by atoms with Crippen molar-refractivity contribution in [2.24, 2.45) is 0 Å². The van der Waals surface area contributed by atoms with Gasteiger partial charge in [0.2, 0.25) is 0 Å². The zero-order valence-electron chi connectivity index (χ0n) is 11.1. The summed E-state index contributed by atoms with van der Waals surface area (Å²) in [6, 6.07) is 5.55. The molecule has 3 nitrogen and oxygen atoms in total. The highest BCUT2D eigenvalue weighted by Crippen LogP contribution is 2.27. The molecule has 2 aromatic rings. The molecule has 0 aliphatic carbocycles. The summed E-state index contributed by atoms with van der Waals surface area (Å²) in [4.78, 5) is 0. The summed E-state index contributed by atoms with van der Waals surface area (Å²) in [6.45, 7) is 6.12. The van der Waals surface area contributed by atoms with Crippen molar-refractivity contribution >= 4 is 23.2 Å². The summed E-state index contributed by atoms with van der Waals surface area (Å²) in [5, 5.41) is 15.3. The Morgan fingerprint density at radius 1 is 1.32 bits per heavy atom. The quantitative estimate of drug-likeness (QED) is 0.933. The Morgan fingerprint density at radius 2 is 2.00 bits per heavy atom. The topological polar surface area (TPSA) is 38.0 Å². The Kier molecular flexibility index (Phi) is 4.19. The molecule has 0 saturated carbocycles. The van der Waals surface area contributed by atoms with Crippen LogP contribution in [-0.2, 0) is 6.54 Å². The first-order valence-corrected chi connectivity index (χ1v) is 6.82. The van der Waals surface area contributed by atoms with Gasteiger partial charge in [-0.25, -0.2) is 0 Å². The van der Waals surface area contributed by atoms with Crippen LogP contribution in [0.4, 0.5) is 0 Å². The number of aryl methyl sites for hydroxylation is 1. The van der Waals surface area contributed by atoms with E-state index in [2.05, 4.69) is 5.10 Å². The number of aromatic nitrogens is 2. The molecule has 2 rings (SSSR count). The van der Waals surface area contributed by atoms with Crippen LogP contribution in [-0.4, -0.2) is 14.9 Å². The Labute approximate surface area is 122 Å². The van der Waals surface area contributed by atoms with E-state index in [0.717, 1.165) is 22.5 Å². The van der Waals surface area contributed by atoms with Crippen LogP contribution in [0.2, 0.25) is 10.0 Å². The molecule has 1 aromatic heterocycles. The number of benzene rings is 1. The smallest absolute Gasteiger partial charge is 0.0797 e. The van der Waals surface area contributed by atoms with Crippen LogP contribution in [0, 0.1) is 13.8 Å². The molecule has 102 valence electrons. The second kappa shape index (κ2) is 5.53. The minimum atomic E-state index is -0.524. The Morgan fingerprint density at radius 3 is 2.58 bits per heavy atom. The van der Waals surface area contributed by atoms with Crippen molar-refractivity contribution in [3.8, 4) is 0 Å².